The lowest BCUT2D eigenvalue weighted by Gasteiger charge is -2.36. The molecule has 1 saturated heterocycles. The fraction of sp³-hybridized carbons (Fsp3) is 0.600. The van der Waals surface area contributed by atoms with E-state index >= 15 is 0 Å². The number of likely N-dealkylation sites (N-methyl/N-ethyl adjacent to an activating group) is 1. The van der Waals surface area contributed by atoms with Gasteiger partial charge in [-0.2, -0.15) is 0 Å². The van der Waals surface area contributed by atoms with Gasteiger partial charge in [-0.15, -0.1) is 0 Å². The maximum Gasteiger partial charge on any atom is 0.0237 e. The van der Waals surface area contributed by atoms with Crippen molar-refractivity contribution in [3.8, 4) is 0 Å². The fourth-order valence-electron chi connectivity index (χ4n) is 2.83. The molecule has 2 nitrogen and oxygen atoms in total. The van der Waals surface area contributed by atoms with Gasteiger partial charge < -0.3 is 5.32 Å². The number of aryl methyl sites for hydroxylation is 1. The lowest BCUT2D eigenvalue weighted by Crippen LogP contribution is -2.47. The monoisotopic (exact) mass is 232 g/mol. The second-order valence-electron chi connectivity index (χ2n) is 5.45. The Morgan fingerprint density at radius 2 is 2.06 bits per heavy atom. The molecule has 0 amide bonds. The van der Waals surface area contributed by atoms with Gasteiger partial charge >= 0.3 is 0 Å². The number of nitrogens with zero attached hydrogens (tertiary/aromatic N) is 1. The summed E-state index contributed by atoms with van der Waals surface area (Å²) in [6.45, 7) is 8.06. The summed E-state index contributed by atoms with van der Waals surface area (Å²) < 4.78 is 0. The molecule has 1 N–H and O–H groups in total. The first-order valence-corrected chi connectivity index (χ1v) is 6.63. The van der Waals surface area contributed by atoms with Crippen molar-refractivity contribution < 1.29 is 0 Å². The van der Waals surface area contributed by atoms with Crippen LogP contribution in [0.1, 0.15) is 24.5 Å². The highest BCUT2D eigenvalue weighted by Crippen LogP contribution is 2.19. The Morgan fingerprint density at radius 3 is 2.76 bits per heavy atom. The van der Waals surface area contributed by atoms with Crippen LogP contribution in [0.5, 0.6) is 0 Å². The van der Waals surface area contributed by atoms with Gasteiger partial charge in [0.1, 0.15) is 0 Å². The van der Waals surface area contributed by atoms with Crippen LogP contribution < -0.4 is 5.32 Å². The Morgan fingerprint density at radius 1 is 1.29 bits per heavy atom. The zero-order valence-corrected chi connectivity index (χ0v) is 11.2. The van der Waals surface area contributed by atoms with Gasteiger partial charge in [0, 0.05) is 25.7 Å². The van der Waals surface area contributed by atoms with Crippen LogP contribution in [-0.2, 0) is 6.54 Å². The van der Waals surface area contributed by atoms with Crippen molar-refractivity contribution in [3.63, 3.8) is 0 Å². The molecule has 0 radical (unpaired) electrons. The number of benzene rings is 1. The van der Waals surface area contributed by atoms with Gasteiger partial charge in [0.05, 0.1) is 0 Å². The molecule has 0 bridgehead atoms. The zero-order valence-electron chi connectivity index (χ0n) is 11.2. The van der Waals surface area contributed by atoms with E-state index in [1.165, 1.54) is 30.6 Å². The summed E-state index contributed by atoms with van der Waals surface area (Å²) in [4.78, 5) is 2.58. The third-order valence-electron chi connectivity index (χ3n) is 3.80. The minimum atomic E-state index is 0.655. The standard InChI is InChI=1S/C15H24N2/c1-12-8-15(16-3)11-17(9-12)10-14-7-5-4-6-13(14)2/h4-7,12,15-16H,8-11H2,1-3H3. The van der Waals surface area contributed by atoms with Crippen LogP contribution in [0.3, 0.4) is 0 Å². The Bertz CT molecular complexity index is 362. The van der Waals surface area contributed by atoms with E-state index in [0.717, 1.165) is 12.5 Å². The van der Waals surface area contributed by atoms with Gasteiger partial charge in [0.2, 0.25) is 0 Å². The first-order valence-electron chi connectivity index (χ1n) is 6.63. The highest BCUT2D eigenvalue weighted by molar-refractivity contribution is 5.25. The van der Waals surface area contributed by atoms with Crippen LogP contribution in [0.4, 0.5) is 0 Å². The average molecular weight is 232 g/mol. The molecule has 1 fully saturated rings. The van der Waals surface area contributed by atoms with Gasteiger partial charge in [-0.25, -0.2) is 0 Å². The van der Waals surface area contributed by atoms with E-state index in [-0.39, 0.29) is 0 Å². The summed E-state index contributed by atoms with van der Waals surface area (Å²) >= 11 is 0. The summed E-state index contributed by atoms with van der Waals surface area (Å²) in [5, 5.41) is 3.42. The van der Waals surface area contributed by atoms with Crippen molar-refractivity contribution in [1.82, 2.24) is 10.2 Å². The smallest absolute Gasteiger partial charge is 0.0237 e. The molecule has 2 unspecified atom stereocenters. The van der Waals surface area contributed by atoms with Crippen molar-refractivity contribution in [2.75, 3.05) is 20.1 Å². The highest BCUT2D eigenvalue weighted by atomic mass is 15.2. The minimum absolute atomic E-state index is 0.655. The number of nitrogens with one attached hydrogen (secondary N) is 1. The van der Waals surface area contributed by atoms with Gasteiger partial charge in [-0.05, 0) is 37.4 Å². The molecule has 1 aliphatic rings. The van der Waals surface area contributed by atoms with E-state index in [9.17, 15) is 0 Å². The van der Waals surface area contributed by atoms with E-state index < -0.39 is 0 Å². The maximum atomic E-state index is 3.42. The van der Waals surface area contributed by atoms with Crippen LogP contribution in [0.25, 0.3) is 0 Å². The van der Waals surface area contributed by atoms with Crippen LogP contribution in [-0.4, -0.2) is 31.1 Å². The Hall–Kier alpha value is -0.860. The van der Waals surface area contributed by atoms with E-state index in [2.05, 4.69) is 55.4 Å². The number of rotatable bonds is 3. The van der Waals surface area contributed by atoms with Crippen LogP contribution >= 0.6 is 0 Å². The zero-order chi connectivity index (χ0) is 12.3. The molecule has 0 spiro atoms. The lowest BCUT2D eigenvalue weighted by atomic mass is 9.95. The predicted octanol–water partition coefficient (Wildman–Crippen LogP) is 2.42. The fourth-order valence-corrected chi connectivity index (χ4v) is 2.83. The molecule has 1 aromatic carbocycles. The normalized spacial score (nSPS) is 26.1. The molecule has 1 aliphatic heterocycles. The van der Waals surface area contributed by atoms with Crippen LogP contribution in [0.2, 0.25) is 0 Å². The number of piperidine rings is 1. The SMILES string of the molecule is CNC1CC(C)CN(Cc2ccccc2C)C1. The molecular weight excluding hydrogens is 208 g/mol. The predicted molar refractivity (Wildman–Crippen MR) is 73.1 cm³/mol. The molecule has 0 saturated carbocycles. The van der Waals surface area contributed by atoms with E-state index in [0.29, 0.717) is 6.04 Å². The first-order chi connectivity index (χ1) is 8.19. The van der Waals surface area contributed by atoms with Gasteiger partial charge in [0.25, 0.3) is 0 Å². The topological polar surface area (TPSA) is 15.3 Å². The Kier molecular flexibility index (Phi) is 4.19. The number of likely N-dealkylation sites (tertiary alicyclic amines) is 1. The molecule has 0 aromatic heterocycles. The van der Waals surface area contributed by atoms with Crippen molar-refractivity contribution in [1.29, 1.82) is 0 Å². The van der Waals surface area contributed by atoms with Gasteiger partial charge in [0.15, 0.2) is 0 Å². The number of hydrogen-bond donors (Lipinski definition) is 1. The summed E-state index contributed by atoms with van der Waals surface area (Å²) in [5.41, 5.74) is 2.88. The molecule has 94 valence electrons. The molecule has 2 heteroatoms. The molecule has 1 aromatic rings. The molecule has 2 rings (SSSR count). The second-order valence-corrected chi connectivity index (χ2v) is 5.45. The number of hydrogen-bond acceptors (Lipinski definition) is 2. The summed E-state index contributed by atoms with van der Waals surface area (Å²) in [6, 6.07) is 9.38. The third kappa shape index (κ3) is 3.30. The Balaban J connectivity index is 2.01. The summed E-state index contributed by atoms with van der Waals surface area (Å²) in [6.07, 6.45) is 1.31. The van der Waals surface area contributed by atoms with Crippen LogP contribution in [0.15, 0.2) is 24.3 Å². The van der Waals surface area contributed by atoms with Gasteiger partial charge in [-0.3, -0.25) is 4.90 Å². The van der Waals surface area contributed by atoms with E-state index in [4.69, 9.17) is 0 Å². The molecule has 2 atom stereocenters. The quantitative estimate of drug-likeness (QED) is 0.861. The van der Waals surface area contributed by atoms with Gasteiger partial charge in [-0.1, -0.05) is 31.2 Å². The van der Waals surface area contributed by atoms with Crippen molar-refractivity contribution >= 4 is 0 Å². The van der Waals surface area contributed by atoms with Crippen molar-refractivity contribution in [3.05, 3.63) is 35.4 Å². The molecule has 17 heavy (non-hydrogen) atoms. The average Bonchev–Trinajstić information content (AvgIpc) is 2.31. The maximum absolute atomic E-state index is 3.42. The van der Waals surface area contributed by atoms with E-state index in [1.54, 1.807) is 0 Å². The second kappa shape index (κ2) is 5.65. The van der Waals surface area contributed by atoms with Crippen molar-refractivity contribution in [2.45, 2.75) is 32.9 Å². The third-order valence-corrected chi connectivity index (χ3v) is 3.80. The highest BCUT2D eigenvalue weighted by Gasteiger charge is 2.23. The Labute approximate surface area is 105 Å². The van der Waals surface area contributed by atoms with Crippen molar-refractivity contribution in [2.24, 2.45) is 5.92 Å². The minimum Gasteiger partial charge on any atom is -0.316 e. The molecular formula is C15H24N2. The van der Waals surface area contributed by atoms with Crippen LogP contribution in [0, 0.1) is 12.8 Å². The first kappa shape index (κ1) is 12.6. The largest absolute Gasteiger partial charge is 0.316 e. The summed E-state index contributed by atoms with van der Waals surface area (Å²) in [7, 11) is 2.08. The molecule has 0 aliphatic carbocycles. The summed E-state index contributed by atoms with van der Waals surface area (Å²) in [5.74, 6) is 0.796. The van der Waals surface area contributed by atoms with E-state index in [1.807, 2.05) is 0 Å². The molecule has 1 heterocycles. The lowest BCUT2D eigenvalue weighted by molar-refractivity contribution is 0.146.